The molecule has 2 fully saturated rings. The normalized spacial score (nSPS) is 20.9. The molecule has 3 aliphatic heterocycles. The quantitative estimate of drug-likeness (QED) is 0.129. The molecule has 2 aromatic heterocycles. The molecule has 1 aromatic carbocycles. The fraction of sp³-hybridized carbons (Fsp3) is 0.486. The molecule has 2 saturated heterocycles. The Kier molecular flexibility index (Phi) is 13.1. The summed E-state index contributed by atoms with van der Waals surface area (Å²) in [7, 11) is 1.88. The van der Waals surface area contributed by atoms with Crippen LogP contribution >= 0.6 is 34.9 Å². The highest BCUT2D eigenvalue weighted by Gasteiger charge is 2.42. The fourth-order valence-corrected chi connectivity index (χ4v) is 10.6. The lowest BCUT2D eigenvalue weighted by atomic mass is 10.0. The number of hydrogen-bond acceptors (Lipinski definition) is 7. The van der Waals surface area contributed by atoms with Crippen LogP contribution in [-0.4, -0.2) is 53.2 Å². The Labute approximate surface area is 305 Å². The minimum Gasteiger partial charge on any atom is -1.00 e. The van der Waals surface area contributed by atoms with Crippen LogP contribution in [0.2, 0.25) is 0 Å². The van der Waals surface area contributed by atoms with Crippen molar-refractivity contribution in [3.05, 3.63) is 73.7 Å². The van der Waals surface area contributed by atoms with Crippen LogP contribution in [-0.2, 0) is 17.9 Å². The lowest BCUT2D eigenvalue weighted by Gasteiger charge is -2.16. The van der Waals surface area contributed by atoms with Crippen LogP contribution in [0.25, 0.3) is 11.1 Å². The monoisotopic (exact) mass is 746 g/mol. The summed E-state index contributed by atoms with van der Waals surface area (Å²) < 4.78 is 19.5. The summed E-state index contributed by atoms with van der Waals surface area (Å²) in [5, 5.41) is 10.4. The molecule has 5 heterocycles. The molecule has 0 radical (unpaired) electrons. The molecule has 264 valence electrons. The van der Waals surface area contributed by atoms with Gasteiger partial charge < -0.3 is 33.3 Å². The van der Waals surface area contributed by atoms with Crippen molar-refractivity contribution >= 4 is 63.6 Å². The molecular weight excluding hydrogens is 703 g/mol. The molecule has 0 bridgehead atoms. The third-order valence-corrected chi connectivity index (χ3v) is 13.2. The molecule has 0 saturated carbocycles. The maximum absolute atomic E-state index is 13.9. The van der Waals surface area contributed by atoms with E-state index in [1.54, 1.807) is 6.07 Å². The Morgan fingerprint density at radius 1 is 1.10 bits per heavy atom. The van der Waals surface area contributed by atoms with Crippen molar-refractivity contribution in [1.29, 1.82) is 0 Å². The summed E-state index contributed by atoms with van der Waals surface area (Å²) in [5.74, 6) is 0.805. The third-order valence-electron chi connectivity index (χ3n) is 9.19. The number of nitrogens with zero attached hydrogens (tertiary/aromatic N) is 3. The van der Waals surface area contributed by atoms with Gasteiger partial charge in [-0.05, 0) is 56.9 Å². The fourth-order valence-electron chi connectivity index (χ4n) is 6.59. The number of thioether (sulfide) groups is 2. The number of urea groups is 1. The largest absolute Gasteiger partial charge is 1.00 e. The Balaban J connectivity index is 0.00000468. The third kappa shape index (κ3) is 8.84. The molecule has 3 amide bonds. The van der Waals surface area contributed by atoms with Crippen molar-refractivity contribution in [3.63, 3.8) is 0 Å². The van der Waals surface area contributed by atoms with Gasteiger partial charge in [-0.15, -0.1) is 11.3 Å². The van der Waals surface area contributed by atoms with Crippen LogP contribution in [0.3, 0.4) is 0 Å². The summed E-state index contributed by atoms with van der Waals surface area (Å²) in [5.41, 5.74) is 1.80. The van der Waals surface area contributed by atoms with E-state index in [9.17, 15) is 18.8 Å². The zero-order valence-corrected chi connectivity index (χ0v) is 31.1. The van der Waals surface area contributed by atoms with Gasteiger partial charge in [-0.25, -0.2) is 9.18 Å². The Morgan fingerprint density at radius 2 is 1.94 bits per heavy atom. The van der Waals surface area contributed by atoms with Gasteiger partial charge in [0.05, 0.1) is 17.8 Å². The first kappa shape index (κ1) is 37.3. The summed E-state index contributed by atoms with van der Waals surface area (Å²) >= 11 is 4.91. The maximum atomic E-state index is 13.9. The van der Waals surface area contributed by atoms with Gasteiger partial charge in [0.1, 0.15) is 26.6 Å². The number of carbonyl (C=O) groups is 2. The summed E-state index contributed by atoms with van der Waals surface area (Å²) in [6.07, 6.45) is 11.7. The highest BCUT2D eigenvalue weighted by atomic mass is 35.5. The summed E-state index contributed by atoms with van der Waals surface area (Å²) in [6.45, 7) is 4.12. The number of aromatic nitrogens is 2. The topological polar surface area (TPSA) is 99.3 Å². The average molecular weight is 747 g/mol. The first-order chi connectivity index (χ1) is 23.3. The van der Waals surface area contributed by atoms with Crippen molar-refractivity contribution in [2.45, 2.75) is 93.6 Å². The van der Waals surface area contributed by atoms with Crippen LogP contribution in [0.1, 0.15) is 64.0 Å². The van der Waals surface area contributed by atoms with Crippen molar-refractivity contribution in [2.75, 3.05) is 24.2 Å². The van der Waals surface area contributed by atoms with Gasteiger partial charge >= 0.3 is 6.03 Å². The SMILES string of the molecule is CCn1c(=O)/c(=C2\Sc3ccc(F)cc3N2C)s/c1=C\c1cccc[n+]1CCCCCCNC(=O)CCCC[C@@H]1SC[C@@H]2NC(=O)N[C@@H]21.[Cl-]. The van der Waals surface area contributed by atoms with E-state index in [0.29, 0.717) is 29.3 Å². The second-order valence-electron chi connectivity index (χ2n) is 12.5. The zero-order chi connectivity index (χ0) is 33.6. The smallest absolute Gasteiger partial charge is 0.315 e. The van der Waals surface area contributed by atoms with Gasteiger partial charge in [0.2, 0.25) is 11.6 Å². The summed E-state index contributed by atoms with van der Waals surface area (Å²) in [4.78, 5) is 40.2. The number of carbonyl (C=O) groups excluding carboxylic acids is 2. The first-order valence-corrected chi connectivity index (χ1v) is 19.6. The second kappa shape index (κ2) is 17.3. The maximum Gasteiger partial charge on any atom is 0.315 e. The molecule has 0 aliphatic carbocycles. The Morgan fingerprint density at radius 3 is 2.78 bits per heavy atom. The number of halogens is 2. The van der Waals surface area contributed by atoms with E-state index in [1.807, 2.05) is 47.3 Å². The number of nitrogens with one attached hydrogen (secondary N) is 3. The van der Waals surface area contributed by atoms with Gasteiger partial charge in [-0.3, -0.25) is 14.2 Å². The van der Waals surface area contributed by atoms with Gasteiger partial charge in [0, 0.05) is 67.1 Å². The molecule has 3 N–H and O–H groups in total. The molecule has 3 aromatic rings. The van der Waals surface area contributed by atoms with E-state index in [0.717, 1.165) is 83.2 Å². The number of amides is 3. The minimum atomic E-state index is -0.288. The summed E-state index contributed by atoms with van der Waals surface area (Å²) in [6, 6.07) is 11.3. The highest BCUT2D eigenvalue weighted by Crippen LogP contribution is 2.45. The van der Waals surface area contributed by atoms with E-state index in [1.165, 1.54) is 35.2 Å². The Hall–Kier alpha value is -3.00. The lowest BCUT2D eigenvalue weighted by Crippen LogP contribution is -3.00. The van der Waals surface area contributed by atoms with Crippen LogP contribution in [0.15, 0.2) is 52.3 Å². The van der Waals surface area contributed by atoms with Crippen molar-refractivity contribution in [2.24, 2.45) is 0 Å². The first-order valence-electron chi connectivity index (χ1n) is 16.9. The van der Waals surface area contributed by atoms with E-state index in [2.05, 4.69) is 38.9 Å². The molecule has 0 spiro atoms. The number of anilines is 1. The van der Waals surface area contributed by atoms with Crippen LogP contribution < -0.4 is 52.6 Å². The van der Waals surface area contributed by atoms with E-state index < -0.39 is 0 Å². The van der Waals surface area contributed by atoms with Gasteiger partial charge in [0.25, 0.3) is 5.56 Å². The molecular formula is C35H44ClFN6O3S3. The number of unbranched alkanes of at least 4 members (excludes halogenated alkanes) is 4. The molecule has 0 unspecified atom stereocenters. The predicted octanol–water partition coefficient (Wildman–Crippen LogP) is 0.899. The van der Waals surface area contributed by atoms with Crippen molar-refractivity contribution in [1.82, 2.24) is 20.5 Å². The minimum absolute atomic E-state index is 0. The Bertz CT molecular complexity index is 1840. The zero-order valence-electron chi connectivity index (χ0n) is 27.9. The van der Waals surface area contributed by atoms with Crippen LogP contribution in [0.4, 0.5) is 14.9 Å². The number of aryl methyl sites for hydroxylation is 1. The lowest BCUT2D eigenvalue weighted by molar-refractivity contribution is -0.699. The van der Waals surface area contributed by atoms with E-state index in [4.69, 9.17) is 0 Å². The number of rotatable bonds is 14. The molecule has 3 aliphatic rings. The number of pyridine rings is 1. The van der Waals surface area contributed by atoms with Crippen molar-refractivity contribution in [3.8, 4) is 0 Å². The number of hydrogen-bond donors (Lipinski definition) is 3. The molecule has 14 heteroatoms. The number of thiazole rings is 1. The standard InChI is InChI=1S/C35H43FN6O3S3.ClH/c1-3-42-30(48-32(33(42)44)34-40(2)26-20-23(36)15-16-27(26)47-34)21-24-12-8-11-19-41(24)18-10-5-4-9-17-37-29(43)14-7-6-13-28-31-25(22-46-28)38-35(45)39-31;/h8,11-12,15-16,19-21,25,28,31H,3-7,9-10,13-14,17-18,22H2,1-2H3,(H2-,37,38,39,43,45);1H/b34-32+;/t25-,28-,31-;/m0./s1. The van der Waals surface area contributed by atoms with Gasteiger partial charge in [0.15, 0.2) is 6.20 Å². The van der Waals surface area contributed by atoms with Gasteiger partial charge in [-0.1, -0.05) is 24.6 Å². The van der Waals surface area contributed by atoms with Crippen LogP contribution in [0, 0.1) is 5.82 Å². The van der Waals surface area contributed by atoms with E-state index >= 15 is 0 Å². The molecule has 49 heavy (non-hydrogen) atoms. The highest BCUT2D eigenvalue weighted by molar-refractivity contribution is 8.08. The van der Waals surface area contributed by atoms with Crippen molar-refractivity contribution < 1.29 is 31.0 Å². The van der Waals surface area contributed by atoms with Crippen LogP contribution in [0.5, 0.6) is 0 Å². The van der Waals surface area contributed by atoms with E-state index in [-0.39, 0.29) is 47.8 Å². The molecule has 6 rings (SSSR count). The molecule has 9 nitrogen and oxygen atoms in total. The second-order valence-corrected chi connectivity index (χ2v) is 15.8. The predicted molar refractivity (Wildman–Crippen MR) is 193 cm³/mol. The van der Waals surface area contributed by atoms with Gasteiger partial charge in [-0.2, -0.15) is 16.3 Å². The average Bonchev–Trinajstić information content (AvgIpc) is 3.81. The molecule has 3 atom stereocenters. The number of benzene rings is 1. The number of fused-ring (bicyclic) bond motifs is 2.